The molecule has 1 aromatic rings. The molecule has 1 aromatic carbocycles. The van der Waals surface area contributed by atoms with Gasteiger partial charge in [0.15, 0.2) is 0 Å². The van der Waals surface area contributed by atoms with Crippen molar-refractivity contribution in [2.45, 2.75) is 31.2 Å². The lowest BCUT2D eigenvalue weighted by molar-refractivity contribution is 0.448. The van der Waals surface area contributed by atoms with Crippen LogP contribution in [-0.2, 0) is 10.3 Å². The maximum Gasteiger partial charge on any atom is 0.235 e. The molecular weight excluding hydrogens is 212 g/mol. The van der Waals surface area contributed by atoms with E-state index < -0.39 is 17.2 Å². The third-order valence-corrected chi connectivity index (χ3v) is 3.09. The number of rotatable bonds is 2. The normalized spacial score (nSPS) is 18.1. The molecule has 0 spiro atoms. The highest BCUT2D eigenvalue weighted by Crippen LogP contribution is 2.42. The summed E-state index contributed by atoms with van der Waals surface area (Å²) in [6, 6.07) is 3.31. The van der Waals surface area contributed by atoms with Gasteiger partial charge in [-0.05, 0) is 30.5 Å². The van der Waals surface area contributed by atoms with E-state index in [1.54, 1.807) is 0 Å². The van der Waals surface area contributed by atoms with Crippen LogP contribution >= 0.6 is 0 Å². The standard InChI is InChI=1S/C12H11F2NO/c13-10-5-9(6-11(14)7-10)12(15-8-16)3-1-2-4-12/h5-7H,1-4H2. The zero-order valence-electron chi connectivity index (χ0n) is 8.67. The summed E-state index contributed by atoms with van der Waals surface area (Å²) in [6.07, 6.45) is 4.62. The maximum atomic E-state index is 13.1. The summed E-state index contributed by atoms with van der Waals surface area (Å²) in [5.74, 6) is -1.27. The first-order chi connectivity index (χ1) is 7.66. The highest BCUT2D eigenvalue weighted by molar-refractivity contribution is 5.39. The van der Waals surface area contributed by atoms with Crippen LogP contribution in [-0.4, -0.2) is 6.08 Å². The van der Waals surface area contributed by atoms with Gasteiger partial charge in [-0.15, -0.1) is 0 Å². The van der Waals surface area contributed by atoms with Crippen molar-refractivity contribution in [3.8, 4) is 0 Å². The summed E-state index contributed by atoms with van der Waals surface area (Å²) >= 11 is 0. The Balaban J connectivity index is 2.50. The molecule has 0 radical (unpaired) electrons. The molecule has 0 aliphatic heterocycles. The molecule has 0 heterocycles. The number of benzene rings is 1. The van der Waals surface area contributed by atoms with Gasteiger partial charge in [0.2, 0.25) is 6.08 Å². The molecule has 1 fully saturated rings. The van der Waals surface area contributed by atoms with Gasteiger partial charge in [-0.25, -0.2) is 13.6 Å². The number of hydrogen-bond acceptors (Lipinski definition) is 2. The smallest absolute Gasteiger partial charge is 0.211 e. The van der Waals surface area contributed by atoms with E-state index >= 15 is 0 Å². The highest BCUT2D eigenvalue weighted by Gasteiger charge is 2.36. The van der Waals surface area contributed by atoms with Gasteiger partial charge in [-0.1, -0.05) is 12.8 Å². The molecule has 0 N–H and O–H groups in total. The Bertz CT molecular complexity index is 426. The van der Waals surface area contributed by atoms with Crippen LogP contribution in [0.25, 0.3) is 0 Å². The summed E-state index contributed by atoms with van der Waals surface area (Å²) < 4.78 is 26.2. The maximum absolute atomic E-state index is 13.1. The summed E-state index contributed by atoms with van der Waals surface area (Å²) in [7, 11) is 0. The minimum atomic E-state index is -0.759. The fraction of sp³-hybridized carbons (Fsp3) is 0.417. The molecule has 0 saturated heterocycles. The molecule has 1 aliphatic carbocycles. The number of isocyanates is 1. The van der Waals surface area contributed by atoms with Gasteiger partial charge in [0, 0.05) is 6.07 Å². The van der Waals surface area contributed by atoms with Gasteiger partial charge < -0.3 is 0 Å². The molecule has 1 saturated carbocycles. The Hall–Kier alpha value is -1.54. The largest absolute Gasteiger partial charge is 0.235 e. The van der Waals surface area contributed by atoms with E-state index in [0.717, 1.165) is 18.9 Å². The summed E-state index contributed by atoms with van der Waals surface area (Å²) in [6.45, 7) is 0. The Morgan fingerprint density at radius 3 is 2.19 bits per heavy atom. The van der Waals surface area contributed by atoms with Crippen LogP contribution in [0, 0.1) is 11.6 Å². The van der Waals surface area contributed by atoms with E-state index in [0.29, 0.717) is 18.4 Å². The first kappa shape index (κ1) is 11.0. The Morgan fingerprint density at radius 1 is 1.12 bits per heavy atom. The number of nitrogens with zero attached hydrogens (tertiary/aromatic N) is 1. The molecule has 4 heteroatoms. The van der Waals surface area contributed by atoms with Crippen molar-refractivity contribution < 1.29 is 13.6 Å². The van der Waals surface area contributed by atoms with Crippen molar-refractivity contribution >= 4 is 6.08 Å². The van der Waals surface area contributed by atoms with Crippen LogP contribution in [0.5, 0.6) is 0 Å². The molecular formula is C12H11F2NO. The lowest BCUT2D eigenvalue weighted by atomic mass is 9.89. The van der Waals surface area contributed by atoms with Gasteiger partial charge in [-0.2, -0.15) is 4.99 Å². The monoisotopic (exact) mass is 223 g/mol. The fourth-order valence-electron chi connectivity index (χ4n) is 2.33. The van der Waals surface area contributed by atoms with Crippen LogP contribution in [0.2, 0.25) is 0 Å². The molecule has 0 aromatic heterocycles. The number of halogens is 2. The lowest BCUT2D eigenvalue weighted by Gasteiger charge is -2.22. The molecule has 1 aliphatic rings. The van der Waals surface area contributed by atoms with E-state index in [9.17, 15) is 13.6 Å². The molecule has 0 atom stereocenters. The second-order valence-corrected chi connectivity index (χ2v) is 4.10. The first-order valence-electron chi connectivity index (χ1n) is 5.22. The molecule has 0 unspecified atom stereocenters. The van der Waals surface area contributed by atoms with Gasteiger partial charge in [-0.3, -0.25) is 0 Å². The van der Waals surface area contributed by atoms with Crippen molar-refractivity contribution in [2.75, 3.05) is 0 Å². The summed E-state index contributed by atoms with van der Waals surface area (Å²) in [5, 5.41) is 0. The summed E-state index contributed by atoms with van der Waals surface area (Å²) in [5.41, 5.74) is -0.323. The van der Waals surface area contributed by atoms with Crippen molar-refractivity contribution in [3.05, 3.63) is 35.4 Å². The zero-order chi connectivity index (χ0) is 11.6. The molecule has 16 heavy (non-hydrogen) atoms. The van der Waals surface area contributed by atoms with E-state index in [-0.39, 0.29) is 0 Å². The van der Waals surface area contributed by atoms with Crippen LogP contribution in [0.15, 0.2) is 23.2 Å². The topological polar surface area (TPSA) is 29.4 Å². The molecule has 84 valence electrons. The predicted molar refractivity (Wildman–Crippen MR) is 54.6 cm³/mol. The van der Waals surface area contributed by atoms with Gasteiger partial charge in [0.05, 0.1) is 5.54 Å². The molecule has 0 amide bonds. The van der Waals surface area contributed by atoms with Crippen molar-refractivity contribution in [2.24, 2.45) is 4.99 Å². The Labute approximate surface area is 92.0 Å². The fourth-order valence-corrected chi connectivity index (χ4v) is 2.33. The van der Waals surface area contributed by atoms with Gasteiger partial charge >= 0.3 is 0 Å². The predicted octanol–water partition coefficient (Wildman–Crippen LogP) is 3.07. The minimum absolute atomic E-state index is 0.436. The number of aliphatic imine (C=N–C) groups is 1. The summed E-state index contributed by atoms with van der Waals surface area (Å²) in [4.78, 5) is 14.2. The van der Waals surface area contributed by atoms with Gasteiger partial charge in [0.25, 0.3) is 0 Å². The third-order valence-electron chi connectivity index (χ3n) is 3.09. The molecule has 0 bridgehead atoms. The average molecular weight is 223 g/mol. The average Bonchev–Trinajstić information content (AvgIpc) is 2.66. The van der Waals surface area contributed by atoms with E-state index in [4.69, 9.17) is 0 Å². The second-order valence-electron chi connectivity index (χ2n) is 4.10. The van der Waals surface area contributed by atoms with Crippen LogP contribution in [0.1, 0.15) is 31.2 Å². The highest BCUT2D eigenvalue weighted by atomic mass is 19.1. The minimum Gasteiger partial charge on any atom is -0.211 e. The second kappa shape index (κ2) is 4.14. The van der Waals surface area contributed by atoms with E-state index in [2.05, 4.69) is 4.99 Å². The van der Waals surface area contributed by atoms with E-state index in [1.807, 2.05) is 0 Å². The van der Waals surface area contributed by atoms with Crippen molar-refractivity contribution in [1.29, 1.82) is 0 Å². The Kier molecular flexibility index (Phi) is 2.84. The third kappa shape index (κ3) is 1.89. The van der Waals surface area contributed by atoms with E-state index in [1.165, 1.54) is 18.2 Å². The zero-order valence-corrected chi connectivity index (χ0v) is 8.67. The van der Waals surface area contributed by atoms with Crippen molar-refractivity contribution in [3.63, 3.8) is 0 Å². The molecule has 2 nitrogen and oxygen atoms in total. The molecule has 2 rings (SSSR count). The van der Waals surface area contributed by atoms with Crippen LogP contribution < -0.4 is 0 Å². The Morgan fingerprint density at radius 2 is 1.69 bits per heavy atom. The van der Waals surface area contributed by atoms with Crippen molar-refractivity contribution in [1.82, 2.24) is 0 Å². The van der Waals surface area contributed by atoms with Crippen LogP contribution in [0.4, 0.5) is 8.78 Å². The first-order valence-corrected chi connectivity index (χ1v) is 5.22. The number of carbonyl (C=O) groups excluding carboxylic acids is 1. The van der Waals surface area contributed by atoms with Crippen LogP contribution in [0.3, 0.4) is 0 Å². The number of hydrogen-bond donors (Lipinski definition) is 0. The SMILES string of the molecule is O=C=NC1(c2cc(F)cc(F)c2)CCCC1. The van der Waals surface area contributed by atoms with Gasteiger partial charge in [0.1, 0.15) is 11.6 Å². The lowest BCUT2D eigenvalue weighted by Crippen LogP contribution is -2.19. The quantitative estimate of drug-likeness (QED) is 0.559.